The first-order chi connectivity index (χ1) is 10.7. The number of rotatable bonds is 3. The molecule has 0 amide bonds. The van der Waals surface area contributed by atoms with Gasteiger partial charge < -0.3 is 9.15 Å². The highest BCUT2D eigenvalue weighted by atomic mass is 32.2. The predicted octanol–water partition coefficient (Wildman–Crippen LogP) is 4.24. The highest BCUT2D eigenvalue weighted by Crippen LogP contribution is 2.35. The zero-order valence-corrected chi connectivity index (χ0v) is 13.9. The van der Waals surface area contributed by atoms with Crippen molar-refractivity contribution in [2.45, 2.75) is 11.3 Å². The van der Waals surface area contributed by atoms with Crippen LogP contribution in [0.3, 0.4) is 0 Å². The van der Waals surface area contributed by atoms with Crippen LogP contribution in [0.5, 0.6) is 5.75 Å². The van der Waals surface area contributed by atoms with Crippen molar-refractivity contribution in [1.29, 1.82) is 0 Å². The second kappa shape index (κ2) is 5.03. The summed E-state index contributed by atoms with van der Waals surface area (Å²) in [6.07, 6.45) is 3.92. The third-order valence-electron chi connectivity index (χ3n) is 3.58. The molecule has 4 aromatic rings. The van der Waals surface area contributed by atoms with E-state index in [9.17, 15) is 0 Å². The van der Waals surface area contributed by atoms with Gasteiger partial charge in [-0.25, -0.2) is 9.50 Å². The van der Waals surface area contributed by atoms with Crippen LogP contribution in [0.4, 0.5) is 0 Å². The smallest absolute Gasteiger partial charge is 0.213 e. The third kappa shape index (κ3) is 2.00. The van der Waals surface area contributed by atoms with E-state index in [1.807, 2.05) is 37.6 Å². The summed E-state index contributed by atoms with van der Waals surface area (Å²) in [7, 11) is 1.65. The summed E-state index contributed by atoms with van der Waals surface area (Å²) in [4.78, 5) is 5.50. The van der Waals surface area contributed by atoms with Crippen molar-refractivity contribution in [1.82, 2.24) is 14.6 Å². The second-order valence-corrected chi connectivity index (χ2v) is 6.85. The fraction of sp³-hybridized carbons (Fsp3) is 0.200. The van der Waals surface area contributed by atoms with Crippen LogP contribution in [-0.4, -0.2) is 28.0 Å². The molecule has 0 aliphatic heterocycles. The zero-order valence-electron chi connectivity index (χ0n) is 12.3. The first kappa shape index (κ1) is 13.7. The van der Waals surface area contributed by atoms with E-state index in [-0.39, 0.29) is 0 Å². The number of imidazole rings is 1. The van der Waals surface area contributed by atoms with Gasteiger partial charge >= 0.3 is 0 Å². The van der Waals surface area contributed by atoms with Crippen LogP contribution < -0.4 is 4.74 Å². The first-order valence-corrected chi connectivity index (χ1v) is 8.71. The molecule has 22 heavy (non-hydrogen) atoms. The van der Waals surface area contributed by atoms with Gasteiger partial charge in [0.05, 0.1) is 13.3 Å². The van der Waals surface area contributed by atoms with Crippen LogP contribution in [0.15, 0.2) is 33.2 Å². The monoisotopic (exact) mass is 331 g/mol. The molecular formula is C15H13N3O2S2. The SMILES string of the molecule is COc1ccc2c(C)c(-c3cn4nc(SC)sc4n3)oc2c1. The van der Waals surface area contributed by atoms with Gasteiger partial charge in [0.1, 0.15) is 17.0 Å². The highest BCUT2D eigenvalue weighted by Gasteiger charge is 2.17. The molecule has 0 aliphatic carbocycles. The number of benzene rings is 1. The zero-order chi connectivity index (χ0) is 15.3. The van der Waals surface area contributed by atoms with Gasteiger partial charge in [0, 0.05) is 17.0 Å². The number of ether oxygens (including phenoxy) is 1. The van der Waals surface area contributed by atoms with Crippen LogP contribution in [0.25, 0.3) is 27.4 Å². The van der Waals surface area contributed by atoms with Crippen LogP contribution in [0.2, 0.25) is 0 Å². The summed E-state index contributed by atoms with van der Waals surface area (Å²) in [5.74, 6) is 1.57. The van der Waals surface area contributed by atoms with E-state index in [0.29, 0.717) is 0 Å². The molecule has 3 heterocycles. The van der Waals surface area contributed by atoms with E-state index in [1.54, 1.807) is 34.7 Å². The van der Waals surface area contributed by atoms with Crippen LogP contribution in [0.1, 0.15) is 5.56 Å². The fourth-order valence-electron chi connectivity index (χ4n) is 2.45. The molecule has 3 aromatic heterocycles. The number of aromatic nitrogens is 3. The van der Waals surface area contributed by atoms with E-state index >= 15 is 0 Å². The molecular weight excluding hydrogens is 318 g/mol. The van der Waals surface area contributed by atoms with Crippen LogP contribution in [-0.2, 0) is 0 Å². The summed E-state index contributed by atoms with van der Waals surface area (Å²) >= 11 is 3.19. The average molecular weight is 331 g/mol. The van der Waals surface area contributed by atoms with Crippen LogP contribution >= 0.6 is 23.1 Å². The van der Waals surface area contributed by atoms with Gasteiger partial charge in [-0.15, -0.1) is 5.10 Å². The molecule has 0 saturated carbocycles. The van der Waals surface area contributed by atoms with Crippen molar-refractivity contribution in [2.75, 3.05) is 13.4 Å². The molecule has 5 nitrogen and oxygen atoms in total. The number of thioether (sulfide) groups is 1. The molecule has 1 aromatic carbocycles. The number of furan rings is 1. The van der Waals surface area contributed by atoms with Gasteiger partial charge in [-0.2, -0.15) is 0 Å². The minimum absolute atomic E-state index is 0.782. The van der Waals surface area contributed by atoms with Crippen LogP contribution in [0, 0.1) is 6.92 Å². The van der Waals surface area contributed by atoms with Gasteiger partial charge in [0.2, 0.25) is 4.96 Å². The lowest BCUT2D eigenvalue weighted by Crippen LogP contribution is -1.81. The maximum absolute atomic E-state index is 6.00. The number of aryl methyl sites for hydroxylation is 1. The Balaban J connectivity index is 1.87. The number of hydrogen-bond acceptors (Lipinski definition) is 6. The molecule has 0 aliphatic rings. The van der Waals surface area contributed by atoms with Gasteiger partial charge in [-0.1, -0.05) is 23.1 Å². The Labute approximate surface area is 134 Å². The average Bonchev–Trinajstić information content (AvgIpc) is 3.17. The molecule has 112 valence electrons. The lowest BCUT2D eigenvalue weighted by atomic mass is 10.1. The second-order valence-electron chi connectivity index (χ2n) is 4.84. The fourth-order valence-corrected chi connectivity index (χ4v) is 3.79. The van der Waals surface area contributed by atoms with Crippen molar-refractivity contribution >= 4 is 39.0 Å². The minimum Gasteiger partial charge on any atom is -0.497 e. The number of hydrogen-bond donors (Lipinski definition) is 0. The van der Waals surface area contributed by atoms with Gasteiger partial charge in [-0.3, -0.25) is 0 Å². The molecule has 0 bridgehead atoms. The maximum Gasteiger partial charge on any atom is 0.213 e. The minimum atomic E-state index is 0.782. The lowest BCUT2D eigenvalue weighted by Gasteiger charge is -1.97. The summed E-state index contributed by atoms with van der Waals surface area (Å²) in [5.41, 5.74) is 2.69. The number of fused-ring (bicyclic) bond motifs is 2. The predicted molar refractivity (Wildman–Crippen MR) is 89.1 cm³/mol. The molecule has 0 N–H and O–H groups in total. The van der Waals surface area contributed by atoms with Crippen molar-refractivity contribution in [2.24, 2.45) is 0 Å². The number of methoxy groups -OCH3 is 1. The Hall–Kier alpha value is -1.99. The van der Waals surface area contributed by atoms with E-state index in [2.05, 4.69) is 10.1 Å². The molecule has 0 unspecified atom stereocenters. The topological polar surface area (TPSA) is 52.6 Å². The first-order valence-electron chi connectivity index (χ1n) is 6.67. The van der Waals surface area contributed by atoms with E-state index in [0.717, 1.165) is 43.0 Å². The molecule has 4 rings (SSSR count). The Morgan fingerprint density at radius 3 is 2.95 bits per heavy atom. The molecule has 0 saturated heterocycles. The van der Waals surface area contributed by atoms with Crippen molar-refractivity contribution in [3.8, 4) is 17.2 Å². The molecule has 0 spiro atoms. The summed E-state index contributed by atoms with van der Waals surface area (Å²) < 4.78 is 14.1. The van der Waals surface area contributed by atoms with E-state index in [4.69, 9.17) is 9.15 Å². The maximum atomic E-state index is 6.00. The Morgan fingerprint density at radius 1 is 1.36 bits per heavy atom. The quantitative estimate of drug-likeness (QED) is 0.526. The van der Waals surface area contributed by atoms with Crippen molar-refractivity contribution < 1.29 is 9.15 Å². The van der Waals surface area contributed by atoms with Gasteiger partial charge in [-0.05, 0) is 25.3 Å². The van der Waals surface area contributed by atoms with Crippen molar-refractivity contribution in [3.63, 3.8) is 0 Å². The van der Waals surface area contributed by atoms with E-state index in [1.165, 1.54) is 0 Å². The van der Waals surface area contributed by atoms with Gasteiger partial charge in [0.15, 0.2) is 10.1 Å². The largest absolute Gasteiger partial charge is 0.497 e. The standard InChI is InChI=1S/C15H13N3O2S2/c1-8-10-5-4-9(19-2)6-12(10)20-13(8)11-7-18-14(16-11)22-15(17-18)21-3/h4-7H,1-3H3. The van der Waals surface area contributed by atoms with Gasteiger partial charge in [0.25, 0.3) is 0 Å². The summed E-state index contributed by atoms with van der Waals surface area (Å²) in [6, 6.07) is 5.85. The third-order valence-corrected chi connectivity index (χ3v) is 5.48. The number of nitrogens with zero attached hydrogens (tertiary/aromatic N) is 3. The lowest BCUT2D eigenvalue weighted by molar-refractivity contribution is 0.414. The molecule has 0 atom stereocenters. The normalized spacial score (nSPS) is 11.6. The molecule has 7 heteroatoms. The molecule has 0 radical (unpaired) electrons. The Morgan fingerprint density at radius 2 is 2.23 bits per heavy atom. The molecule has 0 fully saturated rings. The highest BCUT2D eigenvalue weighted by molar-refractivity contribution is 8.00. The Bertz CT molecular complexity index is 952. The summed E-state index contributed by atoms with van der Waals surface area (Å²) in [5, 5.41) is 5.54. The summed E-state index contributed by atoms with van der Waals surface area (Å²) in [6.45, 7) is 2.04. The van der Waals surface area contributed by atoms with E-state index < -0.39 is 0 Å². The van der Waals surface area contributed by atoms with Crippen molar-refractivity contribution in [3.05, 3.63) is 30.0 Å². The Kier molecular flexibility index (Phi) is 3.12.